The Bertz CT molecular complexity index is 812. The number of benzene rings is 1. The van der Waals surface area contributed by atoms with Gasteiger partial charge in [-0.1, -0.05) is 12.2 Å². The average Bonchev–Trinajstić information content (AvgIpc) is 3.14. The highest BCUT2D eigenvalue weighted by Crippen LogP contribution is 2.56. The van der Waals surface area contributed by atoms with Crippen molar-refractivity contribution < 1.29 is 18.9 Å². The molecule has 0 saturated heterocycles. The first-order valence-corrected chi connectivity index (χ1v) is 7.16. The van der Waals surface area contributed by atoms with E-state index in [0.717, 1.165) is 39.1 Å². The Hall–Kier alpha value is -2.27. The Morgan fingerprint density at radius 3 is 2.18 bits per heavy atom. The average molecular weight is 299 g/mol. The normalized spacial score (nSPS) is 21.3. The zero-order valence-corrected chi connectivity index (χ0v) is 13.0. The SMILES string of the molecule is COc1cc(C)c2c(OC)c3c(c(OC)c2n1)[C@@H]1C=C[C@H]3O1. The Kier molecular flexibility index (Phi) is 2.81. The van der Waals surface area contributed by atoms with Crippen LogP contribution in [0, 0.1) is 6.92 Å². The molecule has 22 heavy (non-hydrogen) atoms. The van der Waals surface area contributed by atoms with Crippen molar-refractivity contribution in [3.05, 3.63) is 34.9 Å². The van der Waals surface area contributed by atoms with E-state index in [1.165, 1.54) is 0 Å². The van der Waals surface area contributed by atoms with E-state index in [1.807, 2.05) is 19.1 Å². The van der Waals surface area contributed by atoms with Gasteiger partial charge < -0.3 is 18.9 Å². The monoisotopic (exact) mass is 299 g/mol. The Labute approximate surface area is 128 Å². The van der Waals surface area contributed by atoms with Gasteiger partial charge in [0.2, 0.25) is 5.88 Å². The highest BCUT2D eigenvalue weighted by atomic mass is 16.5. The van der Waals surface area contributed by atoms with Crippen molar-refractivity contribution in [2.24, 2.45) is 0 Å². The quantitative estimate of drug-likeness (QED) is 0.814. The molecule has 0 spiro atoms. The Balaban J connectivity index is 2.18. The molecule has 4 rings (SSSR count). The number of methoxy groups -OCH3 is 3. The molecule has 0 aliphatic carbocycles. The van der Waals surface area contributed by atoms with Gasteiger partial charge in [0, 0.05) is 22.6 Å². The van der Waals surface area contributed by atoms with E-state index in [1.54, 1.807) is 21.3 Å². The number of nitrogens with zero attached hydrogens (tertiary/aromatic N) is 1. The van der Waals surface area contributed by atoms with Gasteiger partial charge >= 0.3 is 0 Å². The molecule has 5 heteroatoms. The van der Waals surface area contributed by atoms with Crippen molar-refractivity contribution in [1.29, 1.82) is 0 Å². The van der Waals surface area contributed by atoms with Gasteiger partial charge in [-0.3, -0.25) is 0 Å². The van der Waals surface area contributed by atoms with E-state index in [0.29, 0.717) is 5.88 Å². The van der Waals surface area contributed by atoms with Crippen LogP contribution in [-0.2, 0) is 4.74 Å². The molecule has 2 bridgehead atoms. The minimum absolute atomic E-state index is 0.0743. The number of rotatable bonds is 3. The third kappa shape index (κ3) is 1.54. The lowest BCUT2D eigenvalue weighted by Crippen LogP contribution is -2.05. The number of pyridine rings is 1. The van der Waals surface area contributed by atoms with Gasteiger partial charge in [-0.25, -0.2) is 4.98 Å². The van der Waals surface area contributed by atoms with Gasteiger partial charge in [0.1, 0.15) is 23.5 Å². The number of hydrogen-bond donors (Lipinski definition) is 0. The van der Waals surface area contributed by atoms with Crippen molar-refractivity contribution in [3.63, 3.8) is 0 Å². The molecule has 2 aliphatic rings. The molecular weight excluding hydrogens is 282 g/mol. The summed E-state index contributed by atoms with van der Waals surface area (Å²) in [7, 11) is 4.95. The van der Waals surface area contributed by atoms with Gasteiger partial charge in [0.05, 0.1) is 21.3 Å². The van der Waals surface area contributed by atoms with Crippen LogP contribution >= 0.6 is 0 Å². The maximum absolute atomic E-state index is 5.97. The summed E-state index contributed by atoms with van der Waals surface area (Å²) in [6, 6.07) is 1.90. The van der Waals surface area contributed by atoms with Gasteiger partial charge in [0.25, 0.3) is 0 Å². The minimum atomic E-state index is -0.0958. The van der Waals surface area contributed by atoms with Gasteiger partial charge in [-0.05, 0) is 12.5 Å². The summed E-state index contributed by atoms with van der Waals surface area (Å²) >= 11 is 0. The third-order valence-corrected chi connectivity index (χ3v) is 4.36. The van der Waals surface area contributed by atoms with Gasteiger partial charge in [-0.15, -0.1) is 0 Å². The topological polar surface area (TPSA) is 49.8 Å². The van der Waals surface area contributed by atoms with Crippen LogP contribution in [0.3, 0.4) is 0 Å². The van der Waals surface area contributed by atoms with Crippen molar-refractivity contribution in [1.82, 2.24) is 4.98 Å². The molecule has 3 heterocycles. The van der Waals surface area contributed by atoms with Crippen molar-refractivity contribution in [3.8, 4) is 17.4 Å². The van der Waals surface area contributed by atoms with Crippen molar-refractivity contribution in [2.75, 3.05) is 21.3 Å². The minimum Gasteiger partial charge on any atom is -0.496 e. The summed E-state index contributed by atoms with van der Waals surface area (Å²) in [5, 5.41) is 0.948. The molecule has 0 fully saturated rings. The number of aromatic nitrogens is 1. The zero-order chi connectivity index (χ0) is 15.4. The number of ether oxygens (including phenoxy) is 4. The van der Waals surface area contributed by atoms with E-state index in [4.69, 9.17) is 18.9 Å². The predicted octanol–water partition coefficient (Wildman–Crippen LogP) is 3.25. The lowest BCUT2D eigenvalue weighted by molar-refractivity contribution is 0.0862. The second-order valence-electron chi connectivity index (χ2n) is 5.46. The van der Waals surface area contributed by atoms with Crippen LogP contribution in [0.4, 0.5) is 0 Å². The molecule has 1 aromatic carbocycles. The summed E-state index contributed by atoms with van der Waals surface area (Å²) in [4.78, 5) is 4.59. The predicted molar refractivity (Wildman–Crippen MR) is 81.8 cm³/mol. The summed E-state index contributed by atoms with van der Waals surface area (Å²) in [5.74, 6) is 2.12. The van der Waals surface area contributed by atoms with Gasteiger partial charge in [0.15, 0.2) is 5.75 Å². The first kappa shape index (κ1) is 13.4. The van der Waals surface area contributed by atoms with E-state index in [2.05, 4.69) is 11.1 Å². The molecule has 2 atom stereocenters. The molecule has 2 aliphatic heterocycles. The van der Waals surface area contributed by atoms with Crippen LogP contribution in [0.25, 0.3) is 10.9 Å². The highest BCUT2D eigenvalue weighted by Gasteiger charge is 2.41. The second kappa shape index (κ2) is 4.61. The Morgan fingerprint density at radius 1 is 0.955 bits per heavy atom. The first-order valence-electron chi connectivity index (χ1n) is 7.16. The molecule has 0 radical (unpaired) electrons. The summed E-state index contributed by atoms with van der Waals surface area (Å²) in [6.45, 7) is 2.02. The molecular formula is C17H17NO4. The van der Waals surface area contributed by atoms with Crippen LogP contribution in [0.5, 0.6) is 17.4 Å². The standard InChI is InChI=1S/C17H17NO4/c1-8-7-11(19-2)18-15-12(8)16(20-3)13-9-5-6-10(22-9)14(13)17(15)21-4/h5-7,9-10H,1-4H3/t9-,10+/m1/s1. The molecule has 0 unspecified atom stereocenters. The molecule has 0 amide bonds. The smallest absolute Gasteiger partial charge is 0.213 e. The van der Waals surface area contributed by atoms with Crippen LogP contribution in [0.15, 0.2) is 18.2 Å². The molecule has 0 saturated carbocycles. The largest absolute Gasteiger partial charge is 0.496 e. The molecule has 5 nitrogen and oxygen atoms in total. The molecule has 2 aromatic rings. The van der Waals surface area contributed by atoms with Crippen LogP contribution in [0.2, 0.25) is 0 Å². The van der Waals surface area contributed by atoms with E-state index in [-0.39, 0.29) is 12.2 Å². The summed E-state index contributed by atoms with van der Waals surface area (Å²) in [5.41, 5.74) is 3.85. The van der Waals surface area contributed by atoms with Crippen LogP contribution in [-0.4, -0.2) is 26.3 Å². The lowest BCUT2D eigenvalue weighted by atomic mass is 9.91. The number of aryl methyl sites for hydroxylation is 1. The maximum atomic E-state index is 5.97. The van der Waals surface area contributed by atoms with Crippen molar-refractivity contribution in [2.45, 2.75) is 19.1 Å². The van der Waals surface area contributed by atoms with E-state index < -0.39 is 0 Å². The van der Waals surface area contributed by atoms with Crippen LogP contribution < -0.4 is 14.2 Å². The van der Waals surface area contributed by atoms with Crippen molar-refractivity contribution >= 4 is 10.9 Å². The molecule has 1 aromatic heterocycles. The van der Waals surface area contributed by atoms with E-state index in [9.17, 15) is 0 Å². The number of fused-ring (bicyclic) bond motifs is 6. The maximum Gasteiger partial charge on any atom is 0.213 e. The molecule has 114 valence electrons. The third-order valence-electron chi connectivity index (χ3n) is 4.36. The fourth-order valence-electron chi connectivity index (χ4n) is 3.47. The summed E-state index contributed by atoms with van der Waals surface area (Å²) in [6.07, 6.45) is 3.94. The Morgan fingerprint density at radius 2 is 1.59 bits per heavy atom. The second-order valence-corrected chi connectivity index (χ2v) is 5.46. The fourth-order valence-corrected chi connectivity index (χ4v) is 3.47. The van der Waals surface area contributed by atoms with E-state index >= 15 is 0 Å². The first-order chi connectivity index (χ1) is 10.7. The number of hydrogen-bond acceptors (Lipinski definition) is 5. The molecule has 0 N–H and O–H groups in total. The lowest BCUT2D eigenvalue weighted by Gasteiger charge is -2.20. The zero-order valence-electron chi connectivity index (χ0n) is 13.0. The van der Waals surface area contributed by atoms with Gasteiger partial charge in [-0.2, -0.15) is 0 Å². The fraction of sp³-hybridized carbons (Fsp3) is 0.353. The summed E-state index contributed by atoms with van der Waals surface area (Å²) < 4.78 is 22.7. The van der Waals surface area contributed by atoms with Crippen LogP contribution in [0.1, 0.15) is 28.9 Å². The highest BCUT2D eigenvalue weighted by molar-refractivity contribution is 5.97.